The highest BCUT2D eigenvalue weighted by Gasteiger charge is 2.16. The molecule has 2 rings (SSSR count). The lowest BCUT2D eigenvalue weighted by Crippen LogP contribution is -2.44. The summed E-state index contributed by atoms with van der Waals surface area (Å²) >= 11 is 0. The zero-order chi connectivity index (χ0) is 12.3. The molecule has 0 radical (unpaired) electrons. The molecule has 94 valence electrons. The zero-order valence-electron chi connectivity index (χ0n) is 10.2. The maximum absolute atomic E-state index is 11.3. The summed E-state index contributed by atoms with van der Waals surface area (Å²) < 4.78 is 5.61. The van der Waals surface area contributed by atoms with E-state index in [2.05, 4.69) is 15.3 Å². The molecule has 6 nitrogen and oxygen atoms in total. The van der Waals surface area contributed by atoms with E-state index in [1.54, 1.807) is 6.92 Å². The van der Waals surface area contributed by atoms with Gasteiger partial charge < -0.3 is 19.9 Å². The maximum atomic E-state index is 11.3. The minimum absolute atomic E-state index is 0.123. The van der Waals surface area contributed by atoms with Gasteiger partial charge in [0.25, 0.3) is 5.56 Å². The van der Waals surface area contributed by atoms with Crippen molar-refractivity contribution in [1.29, 1.82) is 0 Å². The van der Waals surface area contributed by atoms with Crippen LogP contribution in [0, 0.1) is 6.92 Å². The van der Waals surface area contributed by atoms with Crippen LogP contribution in [0.3, 0.4) is 0 Å². The molecular weight excluding hydrogens is 220 g/mol. The van der Waals surface area contributed by atoms with Gasteiger partial charge in [-0.1, -0.05) is 0 Å². The lowest BCUT2D eigenvalue weighted by atomic mass is 10.3. The number of nitrogens with zero attached hydrogens (tertiary/aromatic N) is 2. The molecule has 1 aliphatic heterocycles. The van der Waals surface area contributed by atoms with E-state index in [1.807, 2.05) is 11.9 Å². The summed E-state index contributed by atoms with van der Waals surface area (Å²) in [5.41, 5.74) is -0.123. The third-order valence-corrected chi connectivity index (χ3v) is 2.72. The van der Waals surface area contributed by atoms with Gasteiger partial charge in [-0.05, 0) is 6.92 Å². The van der Waals surface area contributed by atoms with Gasteiger partial charge in [-0.15, -0.1) is 0 Å². The summed E-state index contributed by atoms with van der Waals surface area (Å²) in [5, 5.41) is 3.27. The van der Waals surface area contributed by atoms with Crippen LogP contribution in [-0.2, 0) is 4.74 Å². The molecule has 1 atom stereocenters. The molecule has 6 heteroatoms. The Kier molecular flexibility index (Phi) is 3.75. The Morgan fingerprint density at radius 3 is 3.12 bits per heavy atom. The fraction of sp³-hybridized carbons (Fsp3) is 0.636. The number of H-pyrrole nitrogens is 1. The highest BCUT2D eigenvalue weighted by atomic mass is 16.5. The van der Waals surface area contributed by atoms with E-state index in [1.165, 1.54) is 6.07 Å². The van der Waals surface area contributed by atoms with Crippen LogP contribution in [0.15, 0.2) is 10.9 Å². The molecule has 0 aromatic carbocycles. The second kappa shape index (κ2) is 5.29. The first kappa shape index (κ1) is 12.1. The molecule has 1 saturated heterocycles. The van der Waals surface area contributed by atoms with Gasteiger partial charge in [0.2, 0.25) is 0 Å². The number of ether oxygens (including phenoxy) is 1. The molecule has 1 aromatic heterocycles. The largest absolute Gasteiger partial charge is 0.374 e. The number of aromatic nitrogens is 2. The van der Waals surface area contributed by atoms with Gasteiger partial charge in [-0.25, -0.2) is 4.98 Å². The van der Waals surface area contributed by atoms with Crippen LogP contribution < -0.4 is 15.8 Å². The minimum atomic E-state index is -0.123. The normalized spacial score (nSPS) is 20.2. The second-order valence-electron chi connectivity index (χ2n) is 4.27. The van der Waals surface area contributed by atoms with Gasteiger partial charge in [-0.2, -0.15) is 0 Å². The molecule has 2 heterocycles. The maximum Gasteiger partial charge on any atom is 0.252 e. The lowest BCUT2D eigenvalue weighted by molar-refractivity contribution is 0.0339. The number of rotatable bonds is 3. The van der Waals surface area contributed by atoms with E-state index in [4.69, 9.17) is 4.74 Å². The van der Waals surface area contributed by atoms with E-state index < -0.39 is 0 Å². The Bertz CT molecular complexity index is 426. The second-order valence-corrected chi connectivity index (χ2v) is 4.27. The highest BCUT2D eigenvalue weighted by Crippen LogP contribution is 2.07. The number of likely N-dealkylation sites (N-methyl/N-ethyl adjacent to an activating group) is 1. The third kappa shape index (κ3) is 3.28. The number of hydrogen-bond donors (Lipinski definition) is 2. The van der Waals surface area contributed by atoms with E-state index in [9.17, 15) is 4.79 Å². The smallest absolute Gasteiger partial charge is 0.252 e. The van der Waals surface area contributed by atoms with Crippen molar-refractivity contribution in [2.45, 2.75) is 13.0 Å². The van der Waals surface area contributed by atoms with Crippen LogP contribution in [0.2, 0.25) is 0 Å². The van der Waals surface area contributed by atoms with Crippen molar-refractivity contribution in [2.24, 2.45) is 0 Å². The zero-order valence-corrected chi connectivity index (χ0v) is 10.2. The summed E-state index contributed by atoms with van der Waals surface area (Å²) in [7, 11) is 1.92. The molecular formula is C11H18N4O2. The van der Waals surface area contributed by atoms with E-state index in [0.29, 0.717) is 11.6 Å². The predicted octanol–water partition coefficient (Wildman–Crippen LogP) is -0.497. The van der Waals surface area contributed by atoms with Crippen molar-refractivity contribution in [2.75, 3.05) is 38.2 Å². The van der Waals surface area contributed by atoms with Gasteiger partial charge in [0.15, 0.2) is 0 Å². The first-order valence-electron chi connectivity index (χ1n) is 5.76. The van der Waals surface area contributed by atoms with Crippen LogP contribution in [0.1, 0.15) is 5.82 Å². The van der Waals surface area contributed by atoms with Crippen molar-refractivity contribution in [1.82, 2.24) is 15.3 Å². The van der Waals surface area contributed by atoms with Crippen LogP contribution in [0.4, 0.5) is 5.82 Å². The van der Waals surface area contributed by atoms with Gasteiger partial charge >= 0.3 is 0 Å². The van der Waals surface area contributed by atoms with Gasteiger partial charge in [0.05, 0.1) is 12.7 Å². The summed E-state index contributed by atoms with van der Waals surface area (Å²) in [6.45, 7) is 4.98. The van der Waals surface area contributed by atoms with Crippen molar-refractivity contribution in [3.8, 4) is 0 Å². The van der Waals surface area contributed by atoms with Crippen molar-refractivity contribution < 1.29 is 4.74 Å². The molecule has 0 saturated carbocycles. The Hall–Kier alpha value is -1.40. The number of hydrogen-bond acceptors (Lipinski definition) is 5. The SMILES string of the molecule is Cc1nc(N(C)CC2CNCCO2)cc(=O)[nH]1. The first-order valence-corrected chi connectivity index (χ1v) is 5.76. The molecule has 0 aliphatic carbocycles. The number of aromatic amines is 1. The van der Waals surface area contributed by atoms with Gasteiger partial charge in [-0.3, -0.25) is 4.79 Å². The van der Waals surface area contributed by atoms with Crippen LogP contribution in [0.5, 0.6) is 0 Å². The molecule has 1 fully saturated rings. The standard InChI is InChI=1S/C11H18N4O2/c1-8-13-10(5-11(16)14-8)15(2)7-9-6-12-3-4-17-9/h5,9,12H,3-4,6-7H2,1-2H3,(H,13,14,16). The molecule has 1 aliphatic rings. The quantitative estimate of drug-likeness (QED) is 0.743. The topological polar surface area (TPSA) is 70.2 Å². The van der Waals surface area contributed by atoms with Gasteiger partial charge in [0.1, 0.15) is 11.6 Å². The fourth-order valence-electron chi connectivity index (χ4n) is 1.90. The Labute approximate surface area is 100 Å². The first-order chi connectivity index (χ1) is 8.15. The van der Waals surface area contributed by atoms with E-state index in [0.717, 1.165) is 26.2 Å². The fourth-order valence-corrected chi connectivity index (χ4v) is 1.90. The predicted molar refractivity (Wildman–Crippen MR) is 65.5 cm³/mol. The molecule has 0 amide bonds. The van der Waals surface area contributed by atoms with Crippen molar-refractivity contribution >= 4 is 5.82 Å². The minimum Gasteiger partial charge on any atom is -0.374 e. The number of nitrogens with one attached hydrogen (secondary N) is 2. The summed E-state index contributed by atoms with van der Waals surface area (Å²) in [5.74, 6) is 1.31. The lowest BCUT2D eigenvalue weighted by Gasteiger charge is -2.28. The van der Waals surface area contributed by atoms with E-state index >= 15 is 0 Å². The monoisotopic (exact) mass is 238 g/mol. The van der Waals surface area contributed by atoms with Crippen LogP contribution in [0.25, 0.3) is 0 Å². The van der Waals surface area contributed by atoms with Crippen molar-refractivity contribution in [3.05, 3.63) is 22.2 Å². The number of anilines is 1. The highest BCUT2D eigenvalue weighted by molar-refractivity contribution is 5.36. The Morgan fingerprint density at radius 2 is 2.47 bits per heavy atom. The molecule has 0 spiro atoms. The van der Waals surface area contributed by atoms with Gasteiger partial charge in [0, 0.05) is 32.7 Å². The molecule has 1 unspecified atom stereocenters. The summed E-state index contributed by atoms with van der Waals surface area (Å²) in [4.78, 5) is 20.2. The molecule has 2 N–H and O–H groups in total. The third-order valence-electron chi connectivity index (χ3n) is 2.72. The van der Waals surface area contributed by atoms with Crippen molar-refractivity contribution in [3.63, 3.8) is 0 Å². The Balaban J connectivity index is 2.03. The van der Waals surface area contributed by atoms with Crippen LogP contribution >= 0.6 is 0 Å². The molecule has 0 bridgehead atoms. The summed E-state index contributed by atoms with van der Waals surface area (Å²) in [6, 6.07) is 1.50. The number of morpholine rings is 1. The summed E-state index contributed by atoms with van der Waals surface area (Å²) in [6.07, 6.45) is 0.148. The van der Waals surface area contributed by atoms with E-state index in [-0.39, 0.29) is 11.7 Å². The molecule has 17 heavy (non-hydrogen) atoms. The van der Waals surface area contributed by atoms with Crippen LogP contribution in [-0.4, -0.2) is 49.4 Å². The average molecular weight is 238 g/mol. The average Bonchev–Trinajstić information content (AvgIpc) is 2.29. The Morgan fingerprint density at radius 1 is 1.65 bits per heavy atom. The number of aryl methyl sites for hydroxylation is 1. The molecule has 1 aromatic rings.